The second-order valence-corrected chi connectivity index (χ2v) is 2.94. The Bertz CT molecular complexity index is 488. The predicted octanol–water partition coefficient (Wildman–Crippen LogP) is 0.0972. The van der Waals surface area contributed by atoms with Crippen LogP contribution in [0.25, 0.3) is 11.6 Å². The first-order valence-corrected chi connectivity index (χ1v) is 4.19. The highest BCUT2D eigenvalue weighted by atomic mass is 16.5. The quantitative estimate of drug-likeness (QED) is 0.768. The lowest BCUT2D eigenvalue weighted by Crippen LogP contribution is -2.00. The summed E-state index contributed by atoms with van der Waals surface area (Å²) in [6.07, 6.45) is 3.06. The van der Waals surface area contributed by atoms with Crippen LogP contribution in [0.5, 0.6) is 0 Å². The fourth-order valence-corrected chi connectivity index (χ4v) is 1.13. The van der Waals surface area contributed by atoms with E-state index >= 15 is 0 Å². The molecule has 2 rings (SSSR count). The summed E-state index contributed by atoms with van der Waals surface area (Å²) >= 11 is 0. The van der Waals surface area contributed by atoms with Crippen molar-refractivity contribution in [3.05, 3.63) is 18.3 Å². The summed E-state index contributed by atoms with van der Waals surface area (Å²) in [7, 11) is 1.79. The smallest absolute Gasteiger partial charge is 0.312 e. The molecule has 0 amide bonds. The van der Waals surface area contributed by atoms with Gasteiger partial charge in [0.25, 0.3) is 0 Å². The van der Waals surface area contributed by atoms with Crippen molar-refractivity contribution < 1.29 is 14.4 Å². The highest BCUT2D eigenvalue weighted by molar-refractivity contribution is 5.68. The van der Waals surface area contributed by atoms with Gasteiger partial charge in [-0.05, 0) is 0 Å². The monoisotopic (exact) mass is 208 g/mol. The third kappa shape index (κ3) is 1.85. The van der Waals surface area contributed by atoms with Crippen molar-refractivity contribution >= 4 is 5.97 Å². The fourth-order valence-electron chi connectivity index (χ4n) is 1.13. The van der Waals surface area contributed by atoms with Gasteiger partial charge >= 0.3 is 5.97 Å². The van der Waals surface area contributed by atoms with Crippen molar-refractivity contribution in [2.75, 3.05) is 0 Å². The van der Waals surface area contributed by atoms with Crippen molar-refractivity contribution in [3.8, 4) is 11.6 Å². The van der Waals surface area contributed by atoms with E-state index in [1.54, 1.807) is 24.0 Å². The van der Waals surface area contributed by atoms with E-state index in [4.69, 9.17) is 9.63 Å². The number of carboxylic acid groups (broad SMARTS) is 1. The molecule has 2 heterocycles. The Morgan fingerprint density at radius 3 is 3.07 bits per heavy atom. The van der Waals surface area contributed by atoms with Crippen LogP contribution >= 0.6 is 0 Å². The molecule has 0 atom stereocenters. The highest BCUT2D eigenvalue weighted by Crippen LogP contribution is 2.12. The summed E-state index contributed by atoms with van der Waals surface area (Å²) in [6.45, 7) is 0. The van der Waals surface area contributed by atoms with Gasteiger partial charge < -0.3 is 14.2 Å². The molecule has 0 saturated heterocycles. The number of aromatic nitrogens is 4. The maximum absolute atomic E-state index is 10.4. The molecule has 2 aromatic heterocycles. The summed E-state index contributed by atoms with van der Waals surface area (Å²) < 4.78 is 6.48. The Morgan fingerprint density at radius 2 is 2.47 bits per heavy atom. The van der Waals surface area contributed by atoms with Crippen LogP contribution in [0.4, 0.5) is 0 Å². The van der Waals surface area contributed by atoms with Crippen LogP contribution < -0.4 is 0 Å². The lowest BCUT2D eigenvalue weighted by atomic mass is 10.4. The van der Waals surface area contributed by atoms with E-state index < -0.39 is 5.97 Å². The highest BCUT2D eigenvalue weighted by Gasteiger charge is 2.14. The van der Waals surface area contributed by atoms with Gasteiger partial charge in [-0.3, -0.25) is 4.79 Å². The van der Waals surface area contributed by atoms with E-state index in [0.717, 1.165) is 0 Å². The molecule has 78 valence electrons. The minimum absolute atomic E-state index is 0.0699. The molecule has 0 aliphatic heterocycles. The molecule has 0 aliphatic carbocycles. The molecular formula is C8H8N4O3. The Balaban J connectivity index is 2.28. The molecule has 0 spiro atoms. The zero-order valence-electron chi connectivity index (χ0n) is 7.91. The van der Waals surface area contributed by atoms with E-state index in [1.165, 1.54) is 0 Å². The Labute approximate surface area is 84.4 Å². The Morgan fingerprint density at radius 1 is 1.67 bits per heavy atom. The van der Waals surface area contributed by atoms with E-state index in [0.29, 0.717) is 11.6 Å². The molecule has 7 heteroatoms. The van der Waals surface area contributed by atoms with Crippen LogP contribution in [0, 0.1) is 0 Å². The maximum atomic E-state index is 10.4. The SMILES string of the molecule is Cn1ccnc1-c1noc(CC(=O)O)n1. The molecule has 0 unspecified atom stereocenters. The summed E-state index contributed by atoms with van der Waals surface area (Å²) in [4.78, 5) is 18.3. The predicted molar refractivity (Wildman–Crippen MR) is 47.8 cm³/mol. The molecule has 2 aromatic rings. The van der Waals surface area contributed by atoms with Crippen LogP contribution in [-0.4, -0.2) is 30.8 Å². The van der Waals surface area contributed by atoms with E-state index in [1.807, 2.05) is 0 Å². The fraction of sp³-hybridized carbons (Fsp3) is 0.250. The molecule has 0 saturated carbocycles. The Kier molecular flexibility index (Phi) is 2.20. The van der Waals surface area contributed by atoms with Gasteiger partial charge in [-0.1, -0.05) is 5.16 Å². The molecule has 7 nitrogen and oxygen atoms in total. The third-order valence-electron chi connectivity index (χ3n) is 1.79. The zero-order chi connectivity index (χ0) is 10.8. The average molecular weight is 208 g/mol. The van der Waals surface area contributed by atoms with Gasteiger partial charge in [-0.2, -0.15) is 4.98 Å². The standard InChI is InChI=1S/C8H8N4O3/c1-12-3-2-9-8(12)7-10-5(15-11-7)4-6(13)14/h2-3H,4H2,1H3,(H,13,14). The van der Waals surface area contributed by atoms with Gasteiger partial charge in [-0.25, -0.2) is 4.98 Å². The number of carboxylic acids is 1. The van der Waals surface area contributed by atoms with Crippen LogP contribution in [0.3, 0.4) is 0 Å². The van der Waals surface area contributed by atoms with Crippen LogP contribution in [0.2, 0.25) is 0 Å². The molecular weight excluding hydrogens is 200 g/mol. The van der Waals surface area contributed by atoms with Gasteiger partial charge in [0.1, 0.15) is 6.42 Å². The lowest BCUT2D eigenvalue weighted by Gasteiger charge is -1.92. The third-order valence-corrected chi connectivity index (χ3v) is 1.79. The molecule has 0 aromatic carbocycles. The van der Waals surface area contributed by atoms with E-state index in [2.05, 4.69) is 15.1 Å². The molecule has 0 bridgehead atoms. The van der Waals surface area contributed by atoms with Crippen LogP contribution in [0.15, 0.2) is 16.9 Å². The first-order chi connectivity index (χ1) is 7.16. The van der Waals surface area contributed by atoms with Crippen molar-refractivity contribution in [1.29, 1.82) is 0 Å². The number of hydrogen-bond donors (Lipinski definition) is 1. The van der Waals surface area contributed by atoms with Crippen LogP contribution in [0.1, 0.15) is 5.89 Å². The zero-order valence-corrected chi connectivity index (χ0v) is 7.91. The van der Waals surface area contributed by atoms with E-state index in [-0.39, 0.29) is 12.3 Å². The normalized spacial score (nSPS) is 10.5. The summed E-state index contributed by atoms with van der Waals surface area (Å²) in [5, 5.41) is 12.2. The summed E-state index contributed by atoms with van der Waals surface area (Å²) in [6, 6.07) is 0. The first-order valence-electron chi connectivity index (χ1n) is 4.19. The largest absolute Gasteiger partial charge is 0.481 e. The second-order valence-electron chi connectivity index (χ2n) is 2.94. The number of hydrogen-bond acceptors (Lipinski definition) is 5. The van der Waals surface area contributed by atoms with Gasteiger partial charge in [-0.15, -0.1) is 0 Å². The van der Waals surface area contributed by atoms with E-state index in [9.17, 15) is 4.79 Å². The molecule has 15 heavy (non-hydrogen) atoms. The lowest BCUT2D eigenvalue weighted by molar-refractivity contribution is -0.136. The minimum Gasteiger partial charge on any atom is -0.481 e. The Hall–Kier alpha value is -2.18. The van der Waals surface area contributed by atoms with Gasteiger partial charge in [0, 0.05) is 19.4 Å². The van der Waals surface area contributed by atoms with Crippen molar-refractivity contribution in [2.24, 2.45) is 7.05 Å². The number of rotatable bonds is 3. The number of aliphatic carboxylic acids is 1. The van der Waals surface area contributed by atoms with Crippen molar-refractivity contribution in [3.63, 3.8) is 0 Å². The second kappa shape index (κ2) is 3.52. The number of carbonyl (C=O) groups is 1. The summed E-state index contributed by atoms with van der Waals surface area (Å²) in [5.41, 5.74) is 0. The first kappa shape index (κ1) is 9.38. The minimum atomic E-state index is -1.01. The molecule has 0 radical (unpaired) electrons. The van der Waals surface area contributed by atoms with Gasteiger partial charge in [0.05, 0.1) is 0 Å². The average Bonchev–Trinajstić information content (AvgIpc) is 2.72. The number of imidazole rings is 1. The van der Waals surface area contributed by atoms with Gasteiger partial charge in [0.2, 0.25) is 11.7 Å². The summed E-state index contributed by atoms with van der Waals surface area (Å²) in [5.74, 6) is -0.111. The topological polar surface area (TPSA) is 94.0 Å². The van der Waals surface area contributed by atoms with Crippen molar-refractivity contribution in [1.82, 2.24) is 19.7 Å². The number of aryl methyl sites for hydroxylation is 1. The van der Waals surface area contributed by atoms with Crippen molar-refractivity contribution in [2.45, 2.75) is 6.42 Å². The maximum Gasteiger partial charge on any atom is 0.312 e. The van der Waals surface area contributed by atoms with Crippen LogP contribution in [-0.2, 0) is 18.3 Å². The molecule has 0 fully saturated rings. The van der Waals surface area contributed by atoms with Gasteiger partial charge in [0.15, 0.2) is 5.82 Å². The molecule has 1 N–H and O–H groups in total. The molecule has 0 aliphatic rings. The number of nitrogens with zero attached hydrogens (tertiary/aromatic N) is 4.